The van der Waals surface area contributed by atoms with Gasteiger partial charge in [-0.2, -0.15) is 0 Å². The first-order valence-electron chi connectivity index (χ1n) is 9.52. The fraction of sp³-hybridized carbons (Fsp3) is 0.333. The maximum Gasteiger partial charge on any atom is 0.375 e. The van der Waals surface area contributed by atoms with Crippen LogP contribution in [0.3, 0.4) is 0 Å². The third-order valence-corrected chi connectivity index (χ3v) is 4.95. The second-order valence-corrected chi connectivity index (χ2v) is 6.80. The zero-order valence-electron chi connectivity index (χ0n) is 16.6. The van der Waals surface area contributed by atoms with Crippen molar-refractivity contribution in [1.82, 2.24) is 4.90 Å². The number of esters is 1. The molecule has 154 valence electrons. The molecule has 0 atom stereocenters. The Kier molecular flexibility index (Phi) is 7.19. The molecule has 0 unspecified atom stereocenters. The standard InChI is InChI=1S/C21H25ClN4O3/c1-3-29-21(27)20(24-23-17-9-5-4-8-16(17)22)26-14-12-25(13-15-26)18-10-6-7-11-19(18)28-2/h4-11,23H,3,12-15H2,1-2H3/b24-20-. The van der Waals surface area contributed by atoms with Crippen molar-refractivity contribution in [3.63, 3.8) is 0 Å². The third kappa shape index (κ3) is 5.12. The number of carbonyl (C=O) groups excluding carboxylic acids is 1. The van der Waals surface area contributed by atoms with Crippen LogP contribution in [0, 0.1) is 0 Å². The van der Waals surface area contributed by atoms with Crippen LogP contribution in [0.1, 0.15) is 6.92 Å². The van der Waals surface area contributed by atoms with Crippen molar-refractivity contribution in [2.24, 2.45) is 5.10 Å². The van der Waals surface area contributed by atoms with Gasteiger partial charge in [-0.3, -0.25) is 5.43 Å². The van der Waals surface area contributed by atoms with E-state index in [1.165, 1.54) is 0 Å². The van der Waals surface area contributed by atoms with Crippen molar-refractivity contribution in [3.05, 3.63) is 53.6 Å². The maximum atomic E-state index is 12.5. The highest BCUT2D eigenvalue weighted by molar-refractivity contribution is 6.35. The molecule has 0 radical (unpaired) electrons. The molecule has 1 aliphatic rings. The smallest absolute Gasteiger partial charge is 0.375 e. The van der Waals surface area contributed by atoms with Gasteiger partial charge in [-0.15, -0.1) is 5.10 Å². The predicted molar refractivity (Wildman–Crippen MR) is 116 cm³/mol. The number of piperazine rings is 1. The Morgan fingerprint density at radius 1 is 1.10 bits per heavy atom. The zero-order chi connectivity index (χ0) is 20.6. The van der Waals surface area contributed by atoms with Crippen LogP contribution < -0.4 is 15.1 Å². The summed E-state index contributed by atoms with van der Waals surface area (Å²) in [6, 6.07) is 15.2. The number of nitrogens with zero attached hydrogens (tertiary/aromatic N) is 3. The Hall–Kier alpha value is -2.93. The van der Waals surface area contributed by atoms with Gasteiger partial charge in [0.05, 0.1) is 30.1 Å². The molecule has 7 nitrogen and oxygen atoms in total. The molecule has 1 heterocycles. The number of hydrogen-bond donors (Lipinski definition) is 1. The van der Waals surface area contributed by atoms with E-state index in [1.807, 2.05) is 41.3 Å². The third-order valence-electron chi connectivity index (χ3n) is 4.62. The summed E-state index contributed by atoms with van der Waals surface area (Å²) in [5.41, 5.74) is 4.56. The van der Waals surface area contributed by atoms with Gasteiger partial charge in [0.2, 0.25) is 5.84 Å². The highest BCUT2D eigenvalue weighted by Gasteiger charge is 2.26. The van der Waals surface area contributed by atoms with Crippen LogP contribution in [-0.2, 0) is 9.53 Å². The number of hydrazone groups is 1. The first kappa shape index (κ1) is 20.8. The van der Waals surface area contributed by atoms with E-state index in [1.54, 1.807) is 26.2 Å². The van der Waals surface area contributed by atoms with E-state index in [0.717, 1.165) is 24.5 Å². The van der Waals surface area contributed by atoms with Gasteiger partial charge in [-0.05, 0) is 31.2 Å². The van der Waals surface area contributed by atoms with Crippen molar-refractivity contribution >= 4 is 34.8 Å². The largest absolute Gasteiger partial charge is 0.495 e. The number of ether oxygens (including phenoxy) is 2. The lowest BCUT2D eigenvalue weighted by molar-refractivity contribution is -0.135. The summed E-state index contributed by atoms with van der Waals surface area (Å²) in [6.07, 6.45) is 0. The van der Waals surface area contributed by atoms with Crippen LogP contribution in [0.5, 0.6) is 5.75 Å². The van der Waals surface area contributed by atoms with Crippen LogP contribution in [0.2, 0.25) is 5.02 Å². The van der Waals surface area contributed by atoms with E-state index in [-0.39, 0.29) is 12.4 Å². The Bertz CT molecular complexity index is 867. The summed E-state index contributed by atoms with van der Waals surface area (Å²) < 4.78 is 10.7. The summed E-state index contributed by atoms with van der Waals surface area (Å²) in [4.78, 5) is 16.7. The average molecular weight is 417 g/mol. The Balaban J connectivity index is 1.73. The van der Waals surface area contributed by atoms with Crippen LogP contribution in [0.25, 0.3) is 0 Å². The molecule has 0 amide bonds. The van der Waals surface area contributed by atoms with Gasteiger partial charge in [0.1, 0.15) is 5.75 Å². The topological polar surface area (TPSA) is 66.4 Å². The number of para-hydroxylation sites is 3. The Morgan fingerprint density at radius 3 is 2.48 bits per heavy atom. The molecule has 8 heteroatoms. The molecule has 1 fully saturated rings. The molecule has 2 aromatic carbocycles. The minimum Gasteiger partial charge on any atom is -0.495 e. The summed E-state index contributed by atoms with van der Waals surface area (Å²) >= 11 is 6.17. The van der Waals surface area contributed by atoms with Gasteiger partial charge in [-0.1, -0.05) is 35.9 Å². The SMILES string of the molecule is CCOC(=O)/C(=N/Nc1ccccc1Cl)N1CCN(c2ccccc2OC)CC1. The molecule has 3 rings (SSSR count). The number of halogens is 1. The van der Waals surface area contributed by atoms with Crippen LogP contribution in [0.4, 0.5) is 11.4 Å². The minimum absolute atomic E-state index is 0.242. The molecule has 1 N–H and O–H groups in total. The average Bonchev–Trinajstić information content (AvgIpc) is 2.76. The van der Waals surface area contributed by atoms with Gasteiger partial charge in [0.15, 0.2) is 0 Å². The van der Waals surface area contributed by atoms with Crippen LogP contribution in [0.15, 0.2) is 53.6 Å². The van der Waals surface area contributed by atoms with Crippen molar-refractivity contribution in [2.45, 2.75) is 6.92 Å². The highest BCUT2D eigenvalue weighted by atomic mass is 35.5. The fourth-order valence-electron chi connectivity index (χ4n) is 3.16. The van der Waals surface area contributed by atoms with Crippen molar-refractivity contribution in [1.29, 1.82) is 0 Å². The molecule has 1 saturated heterocycles. The van der Waals surface area contributed by atoms with Gasteiger partial charge >= 0.3 is 5.97 Å². The molecule has 0 aliphatic carbocycles. The molecule has 1 aliphatic heterocycles. The predicted octanol–water partition coefficient (Wildman–Crippen LogP) is 3.46. The number of benzene rings is 2. The molecule has 0 aromatic heterocycles. The molecule has 0 spiro atoms. The fourth-order valence-corrected chi connectivity index (χ4v) is 3.33. The quantitative estimate of drug-likeness (QED) is 0.348. The Morgan fingerprint density at radius 2 is 1.79 bits per heavy atom. The van der Waals surface area contributed by atoms with Crippen molar-refractivity contribution in [3.8, 4) is 5.75 Å². The molecule has 2 aromatic rings. The number of anilines is 2. The number of hydrogen-bond acceptors (Lipinski definition) is 6. The molecule has 29 heavy (non-hydrogen) atoms. The van der Waals surface area contributed by atoms with Gasteiger partial charge in [0.25, 0.3) is 0 Å². The van der Waals surface area contributed by atoms with E-state index in [0.29, 0.717) is 23.8 Å². The zero-order valence-corrected chi connectivity index (χ0v) is 17.4. The maximum absolute atomic E-state index is 12.5. The van der Waals surface area contributed by atoms with E-state index in [2.05, 4.69) is 15.4 Å². The normalized spacial score (nSPS) is 14.5. The molecular formula is C21H25ClN4O3. The molecule has 0 saturated carbocycles. The summed E-state index contributed by atoms with van der Waals surface area (Å²) in [7, 11) is 1.67. The first-order valence-corrected chi connectivity index (χ1v) is 9.90. The van der Waals surface area contributed by atoms with Crippen LogP contribution in [-0.4, -0.2) is 56.6 Å². The lowest BCUT2D eigenvalue weighted by atomic mass is 10.2. The second-order valence-electron chi connectivity index (χ2n) is 6.39. The minimum atomic E-state index is -0.460. The summed E-state index contributed by atoms with van der Waals surface area (Å²) in [5.74, 6) is 0.616. The molecule has 0 bridgehead atoms. The summed E-state index contributed by atoms with van der Waals surface area (Å²) in [5, 5.41) is 4.85. The van der Waals surface area contributed by atoms with Crippen molar-refractivity contribution < 1.29 is 14.3 Å². The number of rotatable bonds is 5. The first-order chi connectivity index (χ1) is 14.1. The number of methoxy groups -OCH3 is 1. The van der Waals surface area contributed by atoms with E-state index in [9.17, 15) is 4.79 Å². The van der Waals surface area contributed by atoms with E-state index < -0.39 is 5.97 Å². The van der Waals surface area contributed by atoms with E-state index >= 15 is 0 Å². The van der Waals surface area contributed by atoms with E-state index in [4.69, 9.17) is 21.1 Å². The lowest BCUT2D eigenvalue weighted by Crippen LogP contribution is -2.51. The monoisotopic (exact) mass is 416 g/mol. The summed E-state index contributed by atoms with van der Waals surface area (Å²) in [6.45, 7) is 4.76. The number of carbonyl (C=O) groups is 1. The lowest BCUT2D eigenvalue weighted by Gasteiger charge is -2.37. The van der Waals surface area contributed by atoms with Crippen LogP contribution >= 0.6 is 11.6 Å². The number of amidine groups is 1. The molecular weight excluding hydrogens is 392 g/mol. The second kappa shape index (κ2) is 10.0. The van der Waals surface area contributed by atoms with Gasteiger partial charge in [-0.25, -0.2) is 4.79 Å². The van der Waals surface area contributed by atoms with Gasteiger partial charge in [0, 0.05) is 26.2 Å². The Labute approximate surface area is 175 Å². The van der Waals surface area contributed by atoms with Crippen molar-refractivity contribution in [2.75, 3.05) is 50.2 Å². The highest BCUT2D eigenvalue weighted by Crippen LogP contribution is 2.28. The van der Waals surface area contributed by atoms with Gasteiger partial charge < -0.3 is 19.3 Å². The number of nitrogens with one attached hydrogen (secondary N) is 1.